The maximum absolute atomic E-state index is 12.5. The van der Waals surface area contributed by atoms with E-state index in [1.807, 2.05) is 19.9 Å². The van der Waals surface area contributed by atoms with Crippen LogP contribution < -0.4 is 5.32 Å². The van der Waals surface area contributed by atoms with Crippen molar-refractivity contribution in [2.75, 3.05) is 11.9 Å². The molecule has 156 valence electrons. The molecule has 0 radical (unpaired) electrons. The van der Waals surface area contributed by atoms with Gasteiger partial charge in [0.15, 0.2) is 29.0 Å². The highest BCUT2D eigenvalue weighted by Gasteiger charge is 2.56. The van der Waals surface area contributed by atoms with E-state index in [-0.39, 0.29) is 12.5 Å². The number of fused-ring (bicyclic) bond motifs is 2. The Labute approximate surface area is 171 Å². The molecule has 1 aromatic carbocycles. The number of hydrogen-bond donors (Lipinski definition) is 2. The lowest BCUT2D eigenvalue weighted by atomic mass is 10.1. The van der Waals surface area contributed by atoms with Crippen molar-refractivity contribution in [2.24, 2.45) is 0 Å². The van der Waals surface area contributed by atoms with Crippen LogP contribution in [0, 0.1) is 0 Å². The largest absolute Gasteiger partial charge is 0.394 e. The first-order valence-electron chi connectivity index (χ1n) is 9.63. The summed E-state index contributed by atoms with van der Waals surface area (Å²) in [5, 5.41) is 12.5. The summed E-state index contributed by atoms with van der Waals surface area (Å²) in [6, 6.07) is 8.84. The van der Waals surface area contributed by atoms with Crippen LogP contribution >= 0.6 is 0 Å². The third-order valence-electron chi connectivity index (χ3n) is 5.21. The number of benzene rings is 1. The molecule has 30 heavy (non-hydrogen) atoms. The molecule has 2 aromatic heterocycles. The van der Waals surface area contributed by atoms with Gasteiger partial charge in [0.05, 0.1) is 12.9 Å². The molecular weight excluding hydrogens is 390 g/mol. The molecule has 0 saturated carbocycles. The second-order valence-corrected chi connectivity index (χ2v) is 7.68. The van der Waals surface area contributed by atoms with E-state index < -0.39 is 30.3 Å². The van der Waals surface area contributed by atoms with Crippen LogP contribution in [0.2, 0.25) is 0 Å². The summed E-state index contributed by atoms with van der Waals surface area (Å²) in [5.74, 6) is -0.785. The topological polar surface area (TPSA) is 121 Å². The van der Waals surface area contributed by atoms with Gasteiger partial charge in [-0.3, -0.25) is 9.36 Å². The van der Waals surface area contributed by atoms with Gasteiger partial charge >= 0.3 is 0 Å². The quantitative estimate of drug-likeness (QED) is 0.662. The first kappa shape index (κ1) is 19.1. The molecule has 2 saturated heterocycles. The maximum atomic E-state index is 12.5. The summed E-state index contributed by atoms with van der Waals surface area (Å²) in [5.41, 5.74) is 1.41. The van der Waals surface area contributed by atoms with Gasteiger partial charge in [0.1, 0.15) is 24.6 Å². The first-order valence-corrected chi connectivity index (χ1v) is 9.63. The summed E-state index contributed by atoms with van der Waals surface area (Å²) < 4.78 is 19.6. The maximum Gasteiger partial charge on any atom is 0.256 e. The smallest absolute Gasteiger partial charge is 0.256 e. The van der Waals surface area contributed by atoms with Crippen molar-refractivity contribution in [2.45, 2.75) is 44.2 Å². The van der Waals surface area contributed by atoms with Gasteiger partial charge in [-0.1, -0.05) is 18.2 Å². The van der Waals surface area contributed by atoms with Crippen molar-refractivity contribution in [3.8, 4) is 0 Å². The Kier molecular flexibility index (Phi) is 4.51. The van der Waals surface area contributed by atoms with Crippen LogP contribution in [0.15, 0.2) is 43.0 Å². The normalized spacial score (nSPS) is 27.3. The SMILES string of the molecule is CC1(C)O[C@@H]2[C@H](O1)[C@@H](CO)O[C@H]2n1cnc2c(NC(=O)c3ccccc3)ncnc21. The van der Waals surface area contributed by atoms with Crippen molar-refractivity contribution >= 4 is 22.9 Å². The van der Waals surface area contributed by atoms with Gasteiger partial charge in [0.2, 0.25) is 0 Å². The molecule has 0 spiro atoms. The van der Waals surface area contributed by atoms with Crippen molar-refractivity contribution < 1.29 is 24.1 Å². The molecule has 0 unspecified atom stereocenters. The number of imidazole rings is 1. The number of carbonyl (C=O) groups is 1. The van der Waals surface area contributed by atoms with Crippen LogP contribution in [0.1, 0.15) is 30.4 Å². The fraction of sp³-hybridized carbons (Fsp3) is 0.400. The minimum absolute atomic E-state index is 0.197. The zero-order chi connectivity index (χ0) is 20.9. The third kappa shape index (κ3) is 3.14. The summed E-state index contributed by atoms with van der Waals surface area (Å²) in [7, 11) is 0. The highest BCUT2D eigenvalue weighted by atomic mass is 16.8. The molecule has 4 atom stereocenters. The number of aromatic nitrogens is 4. The zero-order valence-corrected chi connectivity index (χ0v) is 16.4. The standard InChI is InChI=1S/C20H21N5O5/c1-20(2)29-14-12(8-26)28-19(15(14)30-20)25-10-23-13-16(21-9-22-17(13)25)24-18(27)11-6-4-3-5-7-11/h3-7,9-10,12,14-15,19,26H,8H2,1-2H3,(H,21,22,24,27)/t12-,14-,15-,19-/m1/s1. The summed E-state index contributed by atoms with van der Waals surface area (Å²) in [4.78, 5) is 25.4. The molecule has 5 rings (SSSR count). The molecule has 10 heteroatoms. The van der Waals surface area contributed by atoms with E-state index in [9.17, 15) is 9.90 Å². The molecule has 2 aliphatic heterocycles. The Balaban J connectivity index is 1.47. The molecule has 0 bridgehead atoms. The Hall–Kier alpha value is -2.92. The van der Waals surface area contributed by atoms with E-state index in [1.54, 1.807) is 35.2 Å². The van der Waals surface area contributed by atoms with Gasteiger partial charge in [0.25, 0.3) is 5.91 Å². The molecule has 0 aliphatic carbocycles. The van der Waals surface area contributed by atoms with Gasteiger partial charge in [-0.2, -0.15) is 0 Å². The number of carbonyl (C=O) groups excluding carboxylic acids is 1. The summed E-state index contributed by atoms with van der Waals surface area (Å²) in [6.45, 7) is 3.45. The molecule has 10 nitrogen and oxygen atoms in total. The second kappa shape index (κ2) is 7.10. The average molecular weight is 411 g/mol. The van der Waals surface area contributed by atoms with Gasteiger partial charge < -0.3 is 24.6 Å². The van der Waals surface area contributed by atoms with Crippen LogP contribution in [-0.4, -0.2) is 61.2 Å². The fourth-order valence-corrected chi connectivity index (χ4v) is 3.93. The zero-order valence-electron chi connectivity index (χ0n) is 16.4. The molecule has 4 heterocycles. The van der Waals surface area contributed by atoms with Crippen LogP contribution in [0.4, 0.5) is 5.82 Å². The predicted molar refractivity (Wildman–Crippen MR) is 105 cm³/mol. The number of aliphatic hydroxyl groups excluding tert-OH is 1. The molecule has 2 fully saturated rings. The first-order chi connectivity index (χ1) is 14.5. The van der Waals surface area contributed by atoms with E-state index in [1.165, 1.54) is 6.33 Å². The van der Waals surface area contributed by atoms with Crippen LogP contribution in [0.3, 0.4) is 0 Å². The van der Waals surface area contributed by atoms with Crippen molar-refractivity contribution in [1.82, 2.24) is 19.5 Å². The van der Waals surface area contributed by atoms with E-state index in [4.69, 9.17) is 14.2 Å². The molecule has 1 amide bonds. The van der Waals surface area contributed by atoms with Gasteiger partial charge in [-0.05, 0) is 26.0 Å². The molecule has 3 aromatic rings. The van der Waals surface area contributed by atoms with Gasteiger partial charge in [-0.15, -0.1) is 0 Å². The number of amides is 1. The fourth-order valence-electron chi connectivity index (χ4n) is 3.93. The van der Waals surface area contributed by atoms with Crippen molar-refractivity contribution in [3.05, 3.63) is 48.5 Å². The highest BCUT2D eigenvalue weighted by Crippen LogP contribution is 2.43. The lowest BCUT2D eigenvalue weighted by Crippen LogP contribution is -2.31. The Morgan fingerprint density at radius 1 is 1.17 bits per heavy atom. The van der Waals surface area contributed by atoms with E-state index in [0.717, 1.165) is 0 Å². The number of ether oxygens (including phenoxy) is 3. The number of rotatable bonds is 4. The highest BCUT2D eigenvalue weighted by molar-refractivity contribution is 6.06. The van der Waals surface area contributed by atoms with Crippen molar-refractivity contribution in [3.63, 3.8) is 0 Å². The minimum Gasteiger partial charge on any atom is -0.394 e. The number of aliphatic hydroxyl groups is 1. The van der Waals surface area contributed by atoms with Gasteiger partial charge in [0, 0.05) is 5.56 Å². The predicted octanol–water partition coefficient (Wildman–Crippen LogP) is 1.49. The van der Waals surface area contributed by atoms with Crippen LogP contribution in [0.5, 0.6) is 0 Å². The number of anilines is 1. The summed E-state index contributed by atoms with van der Waals surface area (Å²) in [6.07, 6.45) is 0.948. The van der Waals surface area contributed by atoms with Crippen molar-refractivity contribution in [1.29, 1.82) is 0 Å². The lowest BCUT2D eigenvalue weighted by molar-refractivity contribution is -0.199. The Morgan fingerprint density at radius 3 is 2.70 bits per heavy atom. The van der Waals surface area contributed by atoms with E-state index >= 15 is 0 Å². The minimum atomic E-state index is -0.787. The van der Waals surface area contributed by atoms with E-state index in [2.05, 4.69) is 20.3 Å². The molecular formula is C20H21N5O5. The monoisotopic (exact) mass is 411 g/mol. The third-order valence-corrected chi connectivity index (χ3v) is 5.21. The number of nitrogens with one attached hydrogen (secondary N) is 1. The number of nitrogens with zero attached hydrogens (tertiary/aromatic N) is 4. The average Bonchev–Trinajstić information content (AvgIpc) is 3.39. The van der Waals surface area contributed by atoms with Gasteiger partial charge in [-0.25, -0.2) is 15.0 Å². The Morgan fingerprint density at radius 2 is 1.93 bits per heavy atom. The molecule has 2 aliphatic rings. The number of hydrogen-bond acceptors (Lipinski definition) is 8. The van der Waals surface area contributed by atoms with E-state index in [0.29, 0.717) is 22.5 Å². The lowest BCUT2D eigenvalue weighted by Gasteiger charge is -2.24. The summed E-state index contributed by atoms with van der Waals surface area (Å²) >= 11 is 0. The molecule has 2 N–H and O–H groups in total. The van der Waals surface area contributed by atoms with Crippen LogP contribution in [-0.2, 0) is 14.2 Å². The Bertz CT molecular complexity index is 1090. The second-order valence-electron chi connectivity index (χ2n) is 7.68. The van der Waals surface area contributed by atoms with Crippen LogP contribution in [0.25, 0.3) is 11.2 Å².